The molecule has 31 heavy (non-hydrogen) atoms. The fourth-order valence-electron chi connectivity index (χ4n) is 3.56. The normalized spacial score (nSPS) is 22.3. The van der Waals surface area contributed by atoms with Crippen LogP contribution in [0.15, 0.2) is 48.5 Å². The lowest BCUT2D eigenvalue weighted by Gasteiger charge is -2.40. The highest BCUT2D eigenvalue weighted by molar-refractivity contribution is 5.89. The zero-order valence-corrected chi connectivity index (χ0v) is 18.5. The van der Waals surface area contributed by atoms with Crippen molar-refractivity contribution >= 4 is 5.97 Å². The van der Waals surface area contributed by atoms with Crippen molar-refractivity contribution in [1.29, 1.82) is 0 Å². The monoisotopic (exact) mass is 430 g/mol. The first-order valence-electron chi connectivity index (χ1n) is 10.8. The molecule has 0 aliphatic carbocycles. The van der Waals surface area contributed by atoms with Gasteiger partial charge in [0, 0.05) is 11.5 Å². The fraction of sp³-hybridized carbons (Fsp3) is 0.480. The Morgan fingerprint density at radius 1 is 1.10 bits per heavy atom. The van der Waals surface area contributed by atoms with Crippen molar-refractivity contribution in [2.24, 2.45) is 5.92 Å². The minimum Gasteiger partial charge on any atom is -0.456 e. The number of hydrogen-bond acceptors (Lipinski definition) is 5. The number of benzene rings is 2. The van der Waals surface area contributed by atoms with Crippen LogP contribution in [0.25, 0.3) is 0 Å². The van der Waals surface area contributed by atoms with Crippen LogP contribution in [0, 0.1) is 11.7 Å². The number of esters is 1. The molecule has 1 saturated heterocycles. The molecule has 0 spiro atoms. The van der Waals surface area contributed by atoms with Crippen molar-refractivity contribution in [2.75, 3.05) is 6.61 Å². The number of aryl methyl sites for hydroxylation is 1. The van der Waals surface area contributed by atoms with Crippen LogP contribution in [0.1, 0.15) is 49.2 Å². The molecule has 1 fully saturated rings. The molecule has 3 rings (SSSR count). The lowest BCUT2D eigenvalue weighted by Crippen LogP contribution is -2.52. The summed E-state index contributed by atoms with van der Waals surface area (Å²) in [7, 11) is 0. The van der Waals surface area contributed by atoms with Gasteiger partial charge in [-0.05, 0) is 31.0 Å². The molecule has 1 unspecified atom stereocenters. The van der Waals surface area contributed by atoms with E-state index in [9.17, 15) is 9.18 Å². The molecule has 0 saturated carbocycles. The fourth-order valence-corrected chi connectivity index (χ4v) is 3.56. The van der Waals surface area contributed by atoms with E-state index in [4.69, 9.17) is 18.9 Å². The smallest absolute Gasteiger partial charge is 0.338 e. The predicted molar refractivity (Wildman–Crippen MR) is 115 cm³/mol. The van der Waals surface area contributed by atoms with Gasteiger partial charge >= 0.3 is 5.97 Å². The van der Waals surface area contributed by atoms with Gasteiger partial charge in [0.15, 0.2) is 6.29 Å². The molecule has 168 valence electrons. The van der Waals surface area contributed by atoms with E-state index in [2.05, 4.69) is 0 Å². The summed E-state index contributed by atoms with van der Waals surface area (Å²) in [6, 6.07) is 14.1. The van der Waals surface area contributed by atoms with Crippen LogP contribution >= 0.6 is 0 Å². The van der Waals surface area contributed by atoms with Gasteiger partial charge in [0.1, 0.15) is 24.1 Å². The van der Waals surface area contributed by atoms with Gasteiger partial charge in [0.05, 0.1) is 18.8 Å². The Morgan fingerprint density at radius 3 is 2.48 bits per heavy atom. The number of carbonyl (C=O) groups excluding carboxylic acids is 1. The van der Waals surface area contributed by atoms with E-state index in [1.165, 1.54) is 0 Å². The molecule has 2 aromatic rings. The average Bonchev–Trinajstić information content (AvgIpc) is 2.78. The van der Waals surface area contributed by atoms with Gasteiger partial charge in [0.25, 0.3) is 0 Å². The first kappa shape index (κ1) is 23.4. The second kappa shape index (κ2) is 10.8. The minimum atomic E-state index is -0.574. The highest BCUT2D eigenvalue weighted by Crippen LogP contribution is 2.26. The van der Waals surface area contributed by atoms with E-state index in [0.717, 1.165) is 0 Å². The summed E-state index contributed by atoms with van der Waals surface area (Å²) < 4.78 is 38.2. The molecular weight excluding hydrogens is 399 g/mol. The van der Waals surface area contributed by atoms with Gasteiger partial charge in [-0.3, -0.25) is 0 Å². The van der Waals surface area contributed by atoms with Crippen LogP contribution < -0.4 is 0 Å². The Kier molecular flexibility index (Phi) is 8.18. The Labute approximate surface area is 183 Å². The van der Waals surface area contributed by atoms with E-state index in [-0.39, 0.29) is 24.9 Å². The van der Waals surface area contributed by atoms with Crippen LogP contribution in [-0.2, 0) is 32.0 Å². The van der Waals surface area contributed by atoms with Gasteiger partial charge in [-0.25, -0.2) is 9.18 Å². The van der Waals surface area contributed by atoms with E-state index in [1.807, 2.05) is 32.9 Å². The number of halogens is 1. The summed E-state index contributed by atoms with van der Waals surface area (Å²) in [6.07, 6.45) is -1.43. The largest absolute Gasteiger partial charge is 0.456 e. The van der Waals surface area contributed by atoms with Gasteiger partial charge in [0.2, 0.25) is 0 Å². The molecule has 0 aromatic heterocycles. The Bertz CT molecular complexity index is 854. The summed E-state index contributed by atoms with van der Waals surface area (Å²) in [5.74, 6) is -0.549. The van der Waals surface area contributed by atoms with Crippen LogP contribution in [0.5, 0.6) is 0 Å². The summed E-state index contributed by atoms with van der Waals surface area (Å²) in [4.78, 5) is 12.5. The molecule has 0 N–H and O–H groups in total. The third kappa shape index (κ3) is 5.91. The molecule has 0 bridgehead atoms. The van der Waals surface area contributed by atoms with Crippen molar-refractivity contribution in [3.8, 4) is 0 Å². The molecule has 1 heterocycles. The summed E-state index contributed by atoms with van der Waals surface area (Å²) in [5, 5.41) is 0. The van der Waals surface area contributed by atoms with Crippen molar-refractivity contribution < 1.29 is 28.1 Å². The standard InChI is InChI=1S/C25H31FO5/c1-5-18-12-9-13-20(22(18)26)14-28-21-15-29-25(16(2)3)31-23(21)17(4)30-24(27)19-10-7-6-8-11-19/h6-13,16-17,21,23,25H,5,14-15H2,1-4H3/t17?,21-,23-,25+/m1/s1. The third-order valence-electron chi connectivity index (χ3n) is 5.38. The lowest BCUT2D eigenvalue weighted by atomic mass is 10.1. The van der Waals surface area contributed by atoms with Crippen LogP contribution in [-0.4, -0.2) is 37.2 Å². The number of hydrogen-bond donors (Lipinski definition) is 0. The summed E-state index contributed by atoms with van der Waals surface area (Å²) >= 11 is 0. The van der Waals surface area contributed by atoms with E-state index in [0.29, 0.717) is 23.1 Å². The Balaban J connectivity index is 1.71. The quantitative estimate of drug-likeness (QED) is 0.557. The zero-order chi connectivity index (χ0) is 22.4. The van der Waals surface area contributed by atoms with Gasteiger partial charge in [-0.15, -0.1) is 0 Å². The lowest BCUT2D eigenvalue weighted by molar-refractivity contribution is -0.291. The van der Waals surface area contributed by atoms with E-state index < -0.39 is 30.6 Å². The molecule has 2 aromatic carbocycles. The maximum absolute atomic E-state index is 14.6. The molecule has 0 radical (unpaired) electrons. The van der Waals surface area contributed by atoms with Crippen molar-refractivity contribution in [3.05, 3.63) is 71.0 Å². The zero-order valence-electron chi connectivity index (χ0n) is 18.5. The van der Waals surface area contributed by atoms with Crippen LogP contribution in [0.2, 0.25) is 0 Å². The summed E-state index contributed by atoms with van der Waals surface area (Å²) in [5.41, 5.74) is 1.61. The Morgan fingerprint density at radius 2 is 1.81 bits per heavy atom. The molecule has 1 aliphatic rings. The topological polar surface area (TPSA) is 54.0 Å². The van der Waals surface area contributed by atoms with Crippen molar-refractivity contribution in [1.82, 2.24) is 0 Å². The number of ether oxygens (including phenoxy) is 4. The third-order valence-corrected chi connectivity index (χ3v) is 5.38. The Hall–Kier alpha value is -2.28. The second-order valence-electron chi connectivity index (χ2n) is 8.12. The van der Waals surface area contributed by atoms with Gasteiger partial charge < -0.3 is 18.9 Å². The second-order valence-corrected chi connectivity index (χ2v) is 8.12. The highest BCUT2D eigenvalue weighted by atomic mass is 19.1. The highest BCUT2D eigenvalue weighted by Gasteiger charge is 2.39. The molecule has 1 aliphatic heterocycles. The van der Waals surface area contributed by atoms with Crippen molar-refractivity contribution in [3.63, 3.8) is 0 Å². The number of carbonyl (C=O) groups is 1. The first-order chi connectivity index (χ1) is 14.9. The molecule has 6 heteroatoms. The maximum atomic E-state index is 14.6. The molecule has 4 atom stereocenters. The van der Waals surface area contributed by atoms with Crippen LogP contribution in [0.3, 0.4) is 0 Å². The molecular formula is C25H31FO5. The minimum absolute atomic E-state index is 0.0826. The number of rotatable bonds is 8. The molecule has 5 nitrogen and oxygen atoms in total. The van der Waals surface area contributed by atoms with Crippen LogP contribution in [0.4, 0.5) is 4.39 Å². The van der Waals surface area contributed by atoms with Gasteiger partial charge in [-0.1, -0.05) is 57.2 Å². The predicted octanol–water partition coefficient (Wildman–Crippen LogP) is 4.92. The SMILES string of the molecule is CCc1cccc(CO[C@@H]2CO[C@H](C(C)C)O[C@@H]2C(C)OC(=O)c2ccccc2)c1F. The summed E-state index contributed by atoms with van der Waals surface area (Å²) in [6.45, 7) is 8.04. The first-order valence-corrected chi connectivity index (χ1v) is 10.8. The van der Waals surface area contributed by atoms with Gasteiger partial charge in [-0.2, -0.15) is 0 Å². The maximum Gasteiger partial charge on any atom is 0.338 e. The molecule has 0 amide bonds. The van der Waals surface area contributed by atoms with E-state index in [1.54, 1.807) is 43.3 Å². The van der Waals surface area contributed by atoms with Crippen molar-refractivity contribution in [2.45, 2.75) is 65.3 Å². The van der Waals surface area contributed by atoms with E-state index >= 15 is 0 Å². The average molecular weight is 431 g/mol.